The van der Waals surface area contributed by atoms with Crippen LogP contribution in [0.5, 0.6) is 5.75 Å². The van der Waals surface area contributed by atoms with Gasteiger partial charge in [-0.2, -0.15) is 5.10 Å². The maximum atomic E-state index is 12.4. The Morgan fingerprint density at radius 3 is 2.83 bits per heavy atom. The summed E-state index contributed by atoms with van der Waals surface area (Å²) in [6.07, 6.45) is 2.78. The molecule has 9 heteroatoms. The fourth-order valence-electron chi connectivity index (χ4n) is 2.88. The number of anilines is 1. The Kier molecular flexibility index (Phi) is 7.51. The molecule has 0 fully saturated rings. The molecule has 2 aromatic heterocycles. The van der Waals surface area contributed by atoms with Crippen molar-refractivity contribution in [3.8, 4) is 5.75 Å². The second-order valence-electron chi connectivity index (χ2n) is 7.04. The Bertz CT molecular complexity index is 1000. The standard InChI is InChI=1S/C21H28N6O2S/c1-5-9-22-18-17-13-24-27(19(17)26-21(25-18)30-14(2)3)11-10-23-20(28)15-7-6-8-16(12-15)29-4/h6-8,12-14H,5,9-11H2,1-4H3,(H,23,28)(H,22,25,26). The molecule has 160 valence electrons. The van der Waals surface area contributed by atoms with E-state index in [1.165, 1.54) is 0 Å². The van der Waals surface area contributed by atoms with Crippen molar-refractivity contribution in [3.05, 3.63) is 36.0 Å². The van der Waals surface area contributed by atoms with Crippen LogP contribution in [0.1, 0.15) is 37.6 Å². The highest BCUT2D eigenvalue weighted by Crippen LogP contribution is 2.26. The van der Waals surface area contributed by atoms with E-state index in [0.717, 1.165) is 35.0 Å². The molecule has 0 unspecified atom stereocenters. The van der Waals surface area contributed by atoms with Gasteiger partial charge in [0.25, 0.3) is 5.91 Å². The number of fused-ring (bicyclic) bond motifs is 1. The number of hydrogen-bond acceptors (Lipinski definition) is 7. The Balaban J connectivity index is 1.74. The zero-order chi connectivity index (χ0) is 21.5. The van der Waals surface area contributed by atoms with Crippen molar-refractivity contribution < 1.29 is 9.53 Å². The van der Waals surface area contributed by atoms with E-state index in [2.05, 4.69) is 41.5 Å². The number of methoxy groups -OCH3 is 1. The van der Waals surface area contributed by atoms with Crippen LogP contribution in [0.3, 0.4) is 0 Å². The molecule has 0 bridgehead atoms. The normalized spacial score (nSPS) is 11.1. The van der Waals surface area contributed by atoms with Gasteiger partial charge in [0.05, 0.1) is 25.2 Å². The summed E-state index contributed by atoms with van der Waals surface area (Å²) >= 11 is 1.62. The van der Waals surface area contributed by atoms with Crippen LogP contribution in [0.25, 0.3) is 11.0 Å². The van der Waals surface area contributed by atoms with E-state index in [-0.39, 0.29) is 5.91 Å². The van der Waals surface area contributed by atoms with Crippen LogP contribution in [0.4, 0.5) is 5.82 Å². The number of nitrogens with one attached hydrogen (secondary N) is 2. The van der Waals surface area contributed by atoms with E-state index in [9.17, 15) is 4.79 Å². The minimum absolute atomic E-state index is 0.152. The van der Waals surface area contributed by atoms with Crippen molar-refractivity contribution in [1.29, 1.82) is 0 Å². The average molecular weight is 429 g/mol. The lowest BCUT2D eigenvalue weighted by atomic mass is 10.2. The first-order valence-corrected chi connectivity index (χ1v) is 11.0. The second kappa shape index (κ2) is 10.3. The molecular formula is C21H28N6O2S. The van der Waals surface area contributed by atoms with Gasteiger partial charge in [-0.25, -0.2) is 14.6 Å². The van der Waals surface area contributed by atoms with Crippen molar-refractivity contribution >= 4 is 34.5 Å². The minimum Gasteiger partial charge on any atom is -0.497 e. The smallest absolute Gasteiger partial charge is 0.251 e. The summed E-state index contributed by atoms with van der Waals surface area (Å²) in [6.45, 7) is 8.12. The number of amides is 1. The fourth-order valence-corrected chi connectivity index (χ4v) is 3.59. The van der Waals surface area contributed by atoms with Gasteiger partial charge >= 0.3 is 0 Å². The average Bonchev–Trinajstić information content (AvgIpc) is 3.14. The summed E-state index contributed by atoms with van der Waals surface area (Å²) < 4.78 is 6.99. The number of ether oxygens (including phenoxy) is 1. The highest BCUT2D eigenvalue weighted by atomic mass is 32.2. The van der Waals surface area contributed by atoms with E-state index >= 15 is 0 Å². The lowest BCUT2D eigenvalue weighted by Crippen LogP contribution is -2.27. The van der Waals surface area contributed by atoms with Gasteiger partial charge in [0, 0.05) is 23.9 Å². The summed E-state index contributed by atoms with van der Waals surface area (Å²) in [5.74, 6) is 1.30. The van der Waals surface area contributed by atoms with Gasteiger partial charge in [0.2, 0.25) is 0 Å². The third kappa shape index (κ3) is 5.41. The van der Waals surface area contributed by atoms with Crippen molar-refractivity contribution in [2.24, 2.45) is 0 Å². The Morgan fingerprint density at radius 1 is 1.27 bits per heavy atom. The Hall–Kier alpha value is -2.81. The van der Waals surface area contributed by atoms with Crippen molar-refractivity contribution in [2.45, 2.75) is 44.1 Å². The molecule has 2 heterocycles. The largest absolute Gasteiger partial charge is 0.497 e. The van der Waals surface area contributed by atoms with Gasteiger partial charge in [0.1, 0.15) is 11.6 Å². The predicted molar refractivity (Wildman–Crippen MR) is 120 cm³/mol. The molecular weight excluding hydrogens is 400 g/mol. The molecule has 8 nitrogen and oxygen atoms in total. The molecule has 0 atom stereocenters. The van der Waals surface area contributed by atoms with Crippen molar-refractivity contribution in [2.75, 3.05) is 25.5 Å². The first-order valence-electron chi connectivity index (χ1n) is 10.1. The van der Waals surface area contributed by atoms with Gasteiger partial charge in [0.15, 0.2) is 10.8 Å². The monoisotopic (exact) mass is 428 g/mol. The maximum Gasteiger partial charge on any atom is 0.251 e. The zero-order valence-corrected chi connectivity index (χ0v) is 18.6. The number of carbonyl (C=O) groups excluding carboxylic acids is 1. The topological polar surface area (TPSA) is 94.0 Å². The first kappa shape index (κ1) is 21.9. The van der Waals surface area contributed by atoms with Gasteiger partial charge in [-0.15, -0.1) is 0 Å². The zero-order valence-electron chi connectivity index (χ0n) is 17.8. The number of carbonyl (C=O) groups is 1. The van der Waals surface area contributed by atoms with Crippen LogP contribution in [0, 0.1) is 0 Å². The molecule has 2 N–H and O–H groups in total. The SMILES string of the molecule is CCCNc1nc(SC(C)C)nc2c1cnn2CCNC(=O)c1cccc(OC)c1. The van der Waals surface area contributed by atoms with Crippen molar-refractivity contribution in [1.82, 2.24) is 25.1 Å². The molecule has 1 aromatic carbocycles. The molecule has 0 saturated carbocycles. The summed E-state index contributed by atoms with van der Waals surface area (Å²) in [4.78, 5) is 21.8. The van der Waals surface area contributed by atoms with Crippen LogP contribution in [0.2, 0.25) is 0 Å². The first-order chi connectivity index (χ1) is 14.5. The van der Waals surface area contributed by atoms with Gasteiger partial charge in [-0.1, -0.05) is 38.6 Å². The lowest BCUT2D eigenvalue weighted by Gasteiger charge is -2.10. The lowest BCUT2D eigenvalue weighted by molar-refractivity contribution is 0.0951. The third-order valence-electron chi connectivity index (χ3n) is 4.30. The molecule has 3 rings (SSSR count). The number of thioether (sulfide) groups is 1. The van der Waals surface area contributed by atoms with Crippen LogP contribution in [0.15, 0.2) is 35.6 Å². The Morgan fingerprint density at radius 2 is 2.10 bits per heavy atom. The van der Waals surface area contributed by atoms with E-state index < -0.39 is 0 Å². The number of rotatable bonds is 10. The van der Waals surface area contributed by atoms with Crippen LogP contribution < -0.4 is 15.4 Å². The van der Waals surface area contributed by atoms with Gasteiger partial charge < -0.3 is 15.4 Å². The third-order valence-corrected chi connectivity index (χ3v) is 5.17. The highest BCUT2D eigenvalue weighted by molar-refractivity contribution is 7.99. The number of benzene rings is 1. The number of aromatic nitrogens is 4. The molecule has 0 aliphatic rings. The predicted octanol–water partition coefficient (Wildman–Crippen LogP) is 3.59. The van der Waals surface area contributed by atoms with E-state index in [4.69, 9.17) is 9.72 Å². The summed E-state index contributed by atoms with van der Waals surface area (Å²) in [7, 11) is 1.58. The van der Waals surface area contributed by atoms with E-state index in [1.807, 2.05) is 10.7 Å². The van der Waals surface area contributed by atoms with Crippen LogP contribution in [-0.2, 0) is 6.54 Å². The van der Waals surface area contributed by atoms with Crippen molar-refractivity contribution in [3.63, 3.8) is 0 Å². The molecule has 0 aliphatic heterocycles. The van der Waals surface area contributed by atoms with E-state index in [1.54, 1.807) is 43.3 Å². The summed E-state index contributed by atoms with van der Waals surface area (Å²) in [6, 6.07) is 7.08. The van der Waals surface area contributed by atoms with Gasteiger partial charge in [-0.3, -0.25) is 4.79 Å². The molecule has 0 radical (unpaired) electrons. The molecule has 1 amide bonds. The minimum atomic E-state index is -0.152. The Labute approximate surface area is 180 Å². The fraction of sp³-hybridized carbons (Fsp3) is 0.429. The molecule has 0 saturated heterocycles. The molecule has 0 spiro atoms. The summed E-state index contributed by atoms with van der Waals surface area (Å²) in [5, 5.41) is 12.8. The summed E-state index contributed by atoms with van der Waals surface area (Å²) in [5.41, 5.74) is 1.33. The van der Waals surface area contributed by atoms with Crippen LogP contribution >= 0.6 is 11.8 Å². The second-order valence-corrected chi connectivity index (χ2v) is 8.58. The number of hydrogen-bond donors (Lipinski definition) is 2. The number of nitrogens with zero attached hydrogens (tertiary/aromatic N) is 4. The highest BCUT2D eigenvalue weighted by Gasteiger charge is 2.14. The maximum absolute atomic E-state index is 12.4. The van der Waals surface area contributed by atoms with Crippen LogP contribution in [-0.4, -0.2) is 51.1 Å². The van der Waals surface area contributed by atoms with E-state index in [0.29, 0.717) is 29.7 Å². The quantitative estimate of drug-likeness (QED) is 0.376. The molecule has 0 aliphatic carbocycles. The molecule has 3 aromatic rings. The van der Waals surface area contributed by atoms with Gasteiger partial charge in [-0.05, 0) is 24.6 Å². The molecule has 30 heavy (non-hydrogen) atoms.